The van der Waals surface area contributed by atoms with Crippen LogP contribution in [0, 0.1) is 13.8 Å². The van der Waals surface area contributed by atoms with Crippen LogP contribution in [0.5, 0.6) is 0 Å². The Bertz CT molecular complexity index is 999. The van der Waals surface area contributed by atoms with Gasteiger partial charge in [0.05, 0.1) is 17.2 Å². The molecule has 4 atom stereocenters. The Morgan fingerprint density at radius 2 is 1.31 bits per heavy atom. The van der Waals surface area contributed by atoms with E-state index in [9.17, 15) is 9.59 Å². The van der Waals surface area contributed by atoms with Gasteiger partial charge >= 0.3 is 11.9 Å². The van der Waals surface area contributed by atoms with E-state index < -0.39 is 0 Å². The number of ether oxygens (including phenoxy) is 6. The molecule has 36 heavy (non-hydrogen) atoms. The largest absolute Gasteiger partial charge is 0.459 e. The summed E-state index contributed by atoms with van der Waals surface area (Å²) in [6, 6.07) is 14.6. The van der Waals surface area contributed by atoms with E-state index in [4.69, 9.17) is 28.4 Å². The van der Waals surface area contributed by atoms with Gasteiger partial charge in [-0.1, -0.05) is 41.5 Å². The van der Waals surface area contributed by atoms with Gasteiger partial charge in [-0.3, -0.25) is 0 Å². The fourth-order valence-corrected chi connectivity index (χ4v) is 3.55. The van der Waals surface area contributed by atoms with Crippen LogP contribution in [0.4, 0.5) is 0 Å². The molecule has 4 rings (SSSR count). The molecule has 0 saturated carbocycles. The molecule has 2 heterocycles. The minimum absolute atomic E-state index is 0.0515. The summed E-state index contributed by atoms with van der Waals surface area (Å²) in [6.45, 7) is 4.43. The molecule has 2 aromatic carbocycles. The Balaban J connectivity index is 0.000000201. The number of carbonyl (C=O) groups excluding carboxylic acids is 2. The van der Waals surface area contributed by atoms with Crippen LogP contribution in [-0.4, -0.2) is 64.2 Å². The molecule has 1 saturated heterocycles. The topological polar surface area (TPSA) is 89.5 Å². The Morgan fingerprint density at radius 3 is 1.78 bits per heavy atom. The average Bonchev–Trinajstić information content (AvgIpc) is 3.56. The van der Waals surface area contributed by atoms with Crippen LogP contribution >= 0.6 is 0 Å². The van der Waals surface area contributed by atoms with E-state index >= 15 is 0 Å². The SMILES string of the molecule is CO[C@H]1C=C[C@@H](COC(=O)c2ccc(C)cc2)O1.CO[C@H]1CC[C@@H](COC(=O)c2ccc(C)cc2)O1. The molecule has 2 aliphatic rings. The van der Waals surface area contributed by atoms with Gasteiger partial charge in [0.1, 0.15) is 19.3 Å². The molecule has 1 fully saturated rings. The van der Waals surface area contributed by atoms with E-state index in [0.717, 1.165) is 24.0 Å². The van der Waals surface area contributed by atoms with Crippen molar-refractivity contribution in [2.75, 3.05) is 27.4 Å². The van der Waals surface area contributed by atoms with Crippen LogP contribution in [-0.2, 0) is 28.4 Å². The summed E-state index contributed by atoms with van der Waals surface area (Å²) in [7, 11) is 3.18. The van der Waals surface area contributed by atoms with Gasteiger partial charge in [0.25, 0.3) is 0 Å². The summed E-state index contributed by atoms with van der Waals surface area (Å²) in [6.07, 6.45) is 4.55. The van der Waals surface area contributed by atoms with Crippen molar-refractivity contribution >= 4 is 11.9 Å². The van der Waals surface area contributed by atoms with Gasteiger partial charge in [-0.2, -0.15) is 0 Å². The van der Waals surface area contributed by atoms with Gasteiger partial charge in [0.2, 0.25) is 0 Å². The average molecular weight is 499 g/mol. The molecule has 8 heteroatoms. The molecule has 2 aliphatic heterocycles. The number of aryl methyl sites for hydroxylation is 2. The number of benzene rings is 2. The molecule has 2 aromatic rings. The molecule has 0 unspecified atom stereocenters. The van der Waals surface area contributed by atoms with Crippen LogP contribution in [0.25, 0.3) is 0 Å². The molecular weight excluding hydrogens is 464 g/mol. The highest BCUT2D eigenvalue weighted by Crippen LogP contribution is 2.20. The van der Waals surface area contributed by atoms with Crippen LogP contribution in [0.15, 0.2) is 60.7 Å². The summed E-state index contributed by atoms with van der Waals surface area (Å²) >= 11 is 0. The van der Waals surface area contributed by atoms with Crippen molar-refractivity contribution in [2.45, 2.75) is 51.5 Å². The van der Waals surface area contributed by atoms with Gasteiger partial charge in [0, 0.05) is 20.6 Å². The van der Waals surface area contributed by atoms with Crippen molar-refractivity contribution in [3.63, 3.8) is 0 Å². The van der Waals surface area contributed by atoms with Crippen LogP contribution in [0.2, 0.25) is 0 Å². The van der Waals surface area contributed by atoms with Gasteiger partial charge < -0.3 is 28.4 Å². The predicted molar refractivity (Wildman–Crippen MR) is 133 cm³/mol. The van der Waals surface area contributed by atoms with Crippen molar-refractivity contribution in [3.05, 3.63) is 82.9 Å². The molecule has 0 aliphatic carbocycles. The maximum Gasteiger partial charge on any atom is 0.338 e. The van der Waals surface area contributed by atoms with Gasteiger partial charge in [0.15, 0.2) is 12.6 Å². The van der Waals surface area contributed by atoms with Crippen LogP contribution in [0.1, 0.15) is 44.7 Å². The molecule has 0 bridgehead atoms. The summed E-state index contributed by atoms with van der Waals surface area (Å²) in [5.41, 5.74) is 3.35. The third-order valence-corrected chi connectivity index (χ3v) is 5.71. The van der Waals surface area contributed by atoms with Crippen molar-refractivity contribution in [1.29, 1.82) is 0 Å². The second-order valence-electron chi connectivity index (χ2n) is 8.59. The zero-order valence-corrected chi connectivity index (χ0v) is 21.2. The Kier molecular flexibility index (Phi) is 10.6. The lowest BCUT2D eigenvalue weighted by atomic mass is 10.1. The molecule has 0 radical (unpaired) electrons. The third kappa shape index (κ3) is 8.57. The first-order valence-electron chi connectivity index (χ1n) is 11.9. The molecule has 0 aromatic heterocycles. The summed E-state index contributed by atoms with van der Waals surface area (Å²) in [5.74, 6) is -0.646. The zero-order valence-electron chi connectivity index (χ0n) is 21.2. The van der Waals surface area contributed by atoms with Gasteiger partial charge in [-0.05, 0) is 50.6 Å². The van der Waals surface area contributed by atoms with E-state index in [1.54, 1.807) is 44.6 Å². The predicted octanol–water partition coefficient (Wildman–Crippen LogP) is 4.38. The fraction of sp³-hybridized carbons (Fsp3) is 0.429. The summed E-state index contributed by atoms with van der Waals surface area (Å²) in [4.78, 5) is 23.5. The van der Waals surface area contributed by atoms with E-state index in [0.29, 0.717) is 11.1 Å². The number of methoxy groups -OCH3 is 2. The van der Waals surface area contributed by atoms with Crippen LogP contribution in [0.3, 0.4) is 0 Å². The Labute approximate surface area is 212 Å². The first-order chi connectivity index (χ1) is 17.4. The quantitative estimate of drug-likeness (QED) is 0.391. The first-order valence-corrected chi connectivity index (χ1v) is 11.9. The lowest BCUT2D eigenvalue weighted by Gasteiger charge is -2.13. The number of esters is 2. The number of rotatable bonds is 8. The first kappa shape index (κ1) is 27.5. The number of carbonyl (C=O) groups is 2. The molecule has 0 N–H and O–H groups in total. The third-order valence-electron chi connectivity index (χ3n) is 5.71. The normalized spacial score (nSPS) is 22.6. The van der Waals surface area contributed by atoms with Gasteiger partial charge in [-0.25, -0.2) is 9.59 Å². The van der Waals surface area contributed by atoms with E-state index in [2.05, 4.69) is 0 Å². The number of hydrogen-bond acceptors (Lipinski definition) is 8. The Morgan fingerprint density at radius 1 is 0.750 bits per heavy atom. The summed E-state index contributed by atoms with van der Waals surface area (Å²) < 4.78 is 31.4. The standard InChI is InChI=1S/C14H18O4.C14H16O4/c2*1-10-3-5-11(6-4-10)14(15)17-9-12-7-8-13(16-2)18-12/h3-6,12-13H,7-9H2,1-2H3;3-8,12-13H,9H2,1-2H3/t2*12-,13+/m00/s1. The second kappa shape index (κ2) is 13.9. The molecular formula is C28H34O8. The smallest absolute Gasteiger partial charge is 0.338 e. The van der Waals surface area contributed by atoms with Crippen molar-refractivity contribution in [2.24, 2.45) is 0 Å². The molecule has 194 valence electrons. The van der Waals surface area contributed by atoms with Crippen molar-refractivity contribution in [1.82, 2.24) is 0 Å². The number of hydrogen-bond donors (Lipinski definition) is 0. The maximum absolute atomic E-state index is 11.8. The maximum atomic E-state index is 11.8. The monoisotopic (exact) mass is 498 g/mol. The highest BCUT2D eigenvalue weighted by atomic mass is 16.7. The Hall–Kier alpha value is -3.04. The zero-order chi connectivity index (χ0) is 25.9. The van der Waals surface area contributed by atoms with Crippen molar-refractivity contribution < 1.29 is 38.0 Å². The second-order valence-corrected chi connectivity index (χ2v) is 8.59. The van der Waals surface area contributed by atoms with Gasteiger partial charge in [-0.15, -0.1) is 0 Å². The highest BCUT2D eigenvalue weighted by Gasteiger charge is 2.26. The highest BCUT2D eigenvalue weighted by molar-refractivity contribution is 5.89. The lowest BCUT2D eigenvalue weighted by molar-refractivity contribution is -0.123. The molecule has 0 amide bonds. The lowest BCUT2D eigenvalue weighted by Crippen LogP contribution is -2.21. The molecule has 0 spiro atoms. The van der Waals surface area contributed by atoms with E-state index in [1.807, 2.05) is 44.2 Å². The molecule has 8 nitrogen and oxygen atoms in total. The van der Waals surface area contributed by atoms with Crippen LogP contribution < -0.4 is 0 Å². The minimum Gasteiger partial charge on any atom is -0.459 e. The van der Waals surface area contributed by atoms with E-state index in [1.165, 1.54) is 0 Å². The summed E-state index contributed by atoms with van der Waals surface area (Å²) in [5, 5.41) is 0. The van der Waals surface area contributed by atoms with E-state index in [-0.39, 0.29) is 49.9 Å². The van der Waals surface area contributed by atoms with Crippen molar-refractivity contribution in [3.8, 4) is 0 Å². The minimum atomic E-state index is -0.340. The fourth-order valence-electron chi connectivity index (χ4n) is 3.55.